The van der Waals surface area contributed by atoms with Crippen LogP contribution >= 0.6 is 17.8 Å². The van der Waals surface area contributed by atoms with Gasteiger partial charge in [0.1, 0.15) is 11.5 Å². The minimum atomic E-state index is -0.466. The Labute approximate surface area is 264 Å². The number of benzene rings is 3. The Morgan fingerprint density at radius 2 is 1.51 bits per heavy atom. The van der Waals surface area contributed by atoms with Crippen LogP contribution in [0.25, 0.3) is 11.1 Å². The van der Waals surface area contributed by atoms with Gasteiger partial charge in [0, 0.05) is 28.5 Å². The van der Waals surface area contributed by atoms with Crippen molar-refractivity contribution in [3.63, 3.8) is 0 Å². The molecule has 2 aliphatic rings. The number of phenolic OH excluding ortho intramolecular Hbond substituents is 1. The number of methoxy groups -OCH3 is 1. The summed E-state index contributed by atoms with van der Waals surface area (Å²) in [5.74, 6) is 3.36. The molecule has 0 heterocycles. The summed E-state index contributed by atoms with van der Waals surface area (Å²) in [6.07, 6.45) is 8.01. The van der Waals surface area contributed by atoms with E-state index >= 15 is 0 Å². The Balaban J connectivity index is 0.00000124. The molecule has 2 saturated carbocycles. The molecule has 5 rings (SSSR count). The third kappa shape index (κ3) is 7.43. The van der Waals surface area contributed by atoms with Crippen LogP contribution in [-0.4, -0.2) is 18.4 Å². The van der Waals surface area contributed by atoms with Crippen LogP contribution in [-0.2, 0) is 10.8 Å². The molecular formula is C35H43Cl2INO2-. The molecule has 41 heavy (non-hydrogen) atoms. The Hall–Kier alpha value is -1.76. The van der Waals surface area contributed by atoms with E-state index < -0.39 is 18.9 Å². The van der Waals surface area contributed by atoms with E-state index in [-0.39, 0.29) is 10.8 Å². The average Bonchev–Trinajstić information content (AvgIpc) is 2.91. The van der Waals surface area contributed by atoms with Gasteiger partial charge in [-0.3, -0.25) is 4.99 Å². The van der Waals surface area contributed by atoms with Gasteiger partial charge in [0.15, 0.2) is 0 Å². The molecule has 3 aromatic rings. The van der Waals surface area contributed by atoms with Gasteiger partial charge < -0.3 is 9.84 Å². The fourth-order valence-corrected chi connectivity index (χ4v) is 7.45. The van der Waals surface area contributed by atoms with E-state index in [2.05, 4.69) is 58.9 Å². The van der Waals surface area contributed by atoms with E-state index in [0.29, 0.717) is 17.6 Å². The molecule has 0 radical (unpaired) electrons. The van der Waals surface area contributed by atoms with Gasteiger partial charge in [-0.25, -0.2) is 0 Å². The van der Waals surface area contributed by atoms with Crippen molar-refractivity contribution < 1.29 is 28.8 Å². The number of hydrogen-bond donors (Lipinski definition) is 1. The van der Waals surface area contributed by atoms with Crippen LogP contribution in [0, 0.1) is 17.8 Å². The molecule has 6 heteroatoms. The molecular weight excluding hydrogens is 664 g/mol. The molecule has 2 bridgehead atoms. The molecule has 0 saturated heterocycles. The summed E-state index contributed by atoms with van der Waals surface area (Å²) in [5, 5.41) is 11.8. The molecule has 0 spiro atoms. The van der Waals surface area contributed by atoms with Crippen LogP contribution in [0.3, 0.4) is 0 Å². The van der Waals surface area contributed by atoms with Crippen molar-refractivity contribution in [1.82, 2.24) is 0 Å². The van der Waals surface area contributed by atoms with E-state index in [4.69, 9.17) is 27.5 Å². The molecule has 1 N–H and O–H groups in total. The van der Waals surface area contributed by atoms with Gasteiger partial charge in [-0.15, -0.1) is 0 Å². The Morgan fingerprint density at radius 3 is 2.12 bits per heavy atom. The van der Waals surface area contributed by atoms with Crippen molar-refractivity contribution in [3.05, 3.63) is 77.4 Å². The number of hydrogen-bond acceptors (Lipinski definition) is 3. The summed E-state index contributed by atoms with van der Waals surface area (Å²) in [6.45, 7) is 11.6. The number of nitrogens with zero attached hydrogens (tertiary/aromatic N) is 1. The summed E-state index contributed by atoms with van der Waals surface area (Å²) < 4.78 is 5.64. The van der Waals surface area contributed by atoms with Crippen LogP contribution in [0.5, 0.6) is 11.5 Å². The number of rotatable bonds is 5. The molecule has 0 amide bonds. The molecule has 0 aliphatic heterocycles. The number of aliphatic imine (C=N–C) groups is 1. The second-order valence-corrected chi connectivity index (χ2v) is 16.4. The van der Waals surface area contributed by atoms with Crippen LogP contribution in [0.2, 0.25) is 0 Å². The van der Waals surface area contributed by atoms with E-state index in [1.807, 2.05) is 42.6 Å². The first-order chi connectivity index (χ1) is 19.5. The third-order valence-corrected chi connectivity index (χ3v) is 8.85. The number of para-hydroxylation sites is 2. The van der Waals surface area contributed by atoms with Gasteiger partial charge in [0.25, 0.3) is 0 Å². The van der Waals surface area contributed by atoms with E-state index in [0.717, 1.165) is 52.5 Å². The first-order valence-corrected chi connectivity index (χ1v) is 20.0. The number of aromatic hydroxyl groups is 1. The van der Waals surface area contributed by atoms with Gasteiger partial charge in [-0.1, -0.05) is 77.1 Å². The van der Waals surface area contributed by atoms with Crippen molar-refractivity contribution >= 4 is 29.7 Å². The normalized spacial score (nSPS) is 24.1. The van der Waals surface area contributed by atoms with Crippen LogP contribution < -0.4 is 23.7 Å². The van der Waals surface area contributed by atoms with Gasteiger partial charge in [-0.2, -0.15) is 0 Å². The first-order valence-electron chi connectivity index (χ1n) is 14.5. The molecule has 2 aliphatic carbocycles. The van der Waals surface area contributed by atoms with Crippen LogP contribution in [0.1, 0.15) is 83.4 Å². The molecule has 2 unspecified atom stereocenters. The molecule has 3 nitrogen and oxygen atoms in total. The zero-order chi connectivity index (χ0) is 29.8. The summed E-state index contributed by atoms with van der Waals surface area (Å²) in [4.78, 5) is 4.97. The number of phenols is 1. The van der Waals surface area contributed by atoms with Gasteiger partial charge in [0.2, 0.25) is 0 Å². The van der Waals surface area contributed by atoms with Gasteiger partial charge in [0.05, 0.1) is 12.8 Å². The maximum absolute atomic E-state index is 11.8. The molecule has 3 aromatic carbocycles. The SMILES string of the molecule is COc1ccccc1-c1ccccc1N=Cc1cc(C(C)(C)C)cc(C23CC(C)CC(CC(C)C2)C3)c1O.Cl[I-]Cl. The summed E-state index contributed by atoms with van der Waals surface area (Å²) >= 11 is -0.466. The first kappa shape index (κ1) is 32.2. The second-order valence-electron chi connectivity index (χ2n) is 13.2. The Morgan fingerprint density at radius 1 is 0.927 bits per heavy atom. The average molecular weight is 708 g/mol. The van der Waals surface area contributed by atoms with Crippen molar-refractivity contribution in [2.24, 2.45) is 22.7 Å². The third-order valence-electron chi connectivity index (χ3n) is 8.85. The minimum absolute atomic E-state index is 0.0308. The topological polar surface area (TPSA) is 41.8 Å². The standard InChI is InChI=1S/C35H43NO2.Cl2I/c1-23-15-25-16-24(2)20-35(19-23,21-25)30-18-27(34(3,4)5)17-26(33(30)37)22-36-31-13-9-7-11-28(31)29-12-8-10-14-32(29)38-6;1-3-2/h7-14,17-18,22-25,37H,15-16,19-21H2,1-6H3;/q;-1. The van der Waals surface area contributed by atoms with Crippen LogP contribution in [0.15, 0.2) is 65.7 Å². The summed E-state index contributed by atoms with van der Waals surface area (Å²) in [5.41, 5.74) is 6.10. The summed E-state index contributed by atoms with van der Waals surface area (Å²) in [7, 11) is 11.4. The molecule has 0 aromatic heterocycles. The predicted molar refractivity (Wildman–Crippen MR) is 171 cm³/mol. The van der Waals surface area contributed by atoms with Crippen molar-refractivity contribution in [2.75, 3.05) is 7.11 Å². The zero-order valence-electron chi connectivity index (χ0n) is 25.1. The predicted octanol–water partition coefficient (Wildman–Crippen LogP) is 7.60. The van der Waals surface area contributed by atoms with Gasteiger partial charge >= 0.3 is 36.8 Å². The van der Waals surface area contributed by atoms with Gasteiger partial charge in [-0.05, 0) is 84.5 Å². The fraction of sp³-hybridized carbons (Fsp3) is 0.457. The maximum atomic E-state index is 11.8. The van der Waals surface area contributed by atoms with Crippen molar-refractivity contribution in [2.45, 2.75) is 77.6 Å². The molecule has 2 atom stereocenters. The summed E-state index contributed by atoms with van der Waals surface area (Å²) in [6, 6.07) is 20.6. The molecule has 2 fully saturated rings. The Bertz CT molecular complexity index is 1350. The molecule has 222 valence electrons. The quantitative estimate of drug-likeness (QED) is 0.219. The number of fused-ring (bicyclic) bond motifs is 2. The fourth-order valence-electron chi connectivity index (χ4n) is 7.45. The Kier molecular flexibility index (Phi) is 10.7. The monoisotopic (exact) mass is 706 g/mol. The van der Waals surface area contributed by atoms with E-state index in [1.165, 1.54) is 24.8 Å². The van der Waals surface area contributed by atoms with E-state index in [1.54, 1.807) is 7.11 Å². The van der Waals surface area contributed by atoms with Crippen molar-refractivity contribution in [1.29, 1.82) is 0 Å². The van der Waals surface area contributed by atoms with E-state index in [9.17, 15) is 5.11 Å². The second kappa shape index (κ2) is 13.7. The number of halogens is 3. The number of ether oxygens (including phenoxy) is 1. The van der Waals surface area contributed by atoms with Crippen molar-refractivity contribution in [3.8, 4) is 22.6 Å². The van der Waals surface area contributed by atoms with Crippen LogP contribution in [0.4, 0.5) is 5.69 Å². The zero-order valence-corrected chi connectivity index (χ0v) is 28.7.